The summed E-state index contributed by atoms with van der Waals surface area (Å²) >= 11 is 0. The zero-order chi connectivity index (χ0) is 13.1. The molecule has 96 valence electrons. The molecule has 1 aromatic rings. The topological polar surface area (TPSA) is 32.7 Å². The highest BCUT2D eigenvalue weighted by Crippen LogP contribution is 2.31. The maximum atomic E-state index is 11.9. The van der Waals surface area contributed by atoms with Crippen LogP contribution in [0.5, 0.6) is 0 Å². The van der Waals surface area contributed by atoms with Crippen molar-refractivity contribution in [1.82, 2.24) is 4.90 Å². The molecule has 0 saturated heterocycles. The van der Waals surface area contributed by atoms with E-state index in [1.54, 1.807) is 11.2 Å². The van der Waals surface area contributed by atoms with Gasteiger partial charge in [0, 0.05) is 19.7 Å². The number of aliphatic imine (C=N–C) groups is 1. The number of hydrogen-bond acceptors (Lipinski definition) is 1. The van der Waals surface area contributed by atoms with E-state index in [1.807, 2.05) is 26.2 Å². The van der Waals surface area contributed by atoms with Crippen molar-refractivity contribution in [3.8, 4) is 0 Å². The predicted molar refractivity (Wildman–Crippen MR) is 74.3 cm³/mol. The molecule has 2 rings (SSSR count). The molecule has 0 fully saturated rings. The molecule has 18 heavy (non-hydrogen) atoms. The highest BCUT2D eigenvalue weighted by molar-refractivity contribution is 5.98. The SMILES string of the molecule is CC1CCCc2ccc(C(=O)N=CN(C)C)cc21. The minimum atomic E-state index is -0.163. The smallest absolute Gasteiger partial charge is 0.278 e. The van der Waals surface area contributed by atoms with Crippen molar-refractivity contribution in [2.45, 2.75) is 32.1 Å². The summed E-state index contributed by atoms with van der Waals surface area (Å²) in [6, 6.07) is 6.00. The molecule has 1 aliphatic rings. The zero-order valence-electron chi connectivity index (χ0n) is 11.3. The number of rotatable bonds is 2. The van der Waals surface area contributed by atoms with Gasteiger partial charge in [-0.05, 0) is 48.4 Å². The zero-order valence-corrected chi connectivity index (χ0v) is 11.3. The van der Waals surface area contributed by atoms with Gasteiger partial charge in [-0.1, -0.05) is 13.0 Å². The Kier molecular flexibility index (Phi) is 3.80. The second-order valence-corrected chi connectivity index (χ2v) is 5.22. The quantitative estimate of drug-likeness (QED) is 0.592. The number of hydrogen-bond donors (Lipinski definition) is 0. The molecule has 1 amide bonds. The van der Waals surface area contributed by atoms with E-state index in [-0.39, 0.29) is 5.91 Å². The van der Waals surface area contributed by atoms with Crippen molar-refractivity contribution in [1.29, 1.82) is 0 Å². The summed E-state index contributed by atoms with van der Waals surface area (Å²) < 4.78 is 0. The Hall–Kier alpha value is -1.64. The van der Waals surface area contributed by atoms with Crippen molar-refractivity contribution >= 4 is 12.2 Å². The molecule has 1 atom stereocenters. The van der Waals surface area contributed by atoms with Crippen molar-refractivity contribution in [3.63, 3.8) is 0 Å². The summed E-state index contributed by atoms with van der Waals surface area (Å²) in [7, 11) is 3.71. The summed E-state index contributed by atoms with van der Waals surface area (Å²) in [6.45, 7) is 2.23. The van der Waals surface area contributed by atoms with E-state index in [0.29, 0.717) is 11.5 Å². The standard InChI is InChI=1S/C15H20N2O/c1-11-5-4-6-12-7-8-13(9-14(11)12)15(18)16-10-17(2)3/h7-11H,4-6H2,1-3H3. The van der Waals surface area contributed by atoms with Crippen LogP contribution in [0.15, 0.2) is 23.2 Å². The fraction of sp³-hybridized carbons (Fsp3) is 0.467. The summed E-state index contributed by atoms with van der Waals surface area (Å²) in [4.78, 5) is 17.6. The Morgan fingerprint density at radius 1 is 1.44 bits per heavy atom. The van der Waals surface area contributed by atoms with Gasteiger partial charge in [-0.15, -0.1) is 0 Å². The van der Waals surface area contributed by atoms with Crippen LogP contribution in [0.1, 0.15) is 47.2 Å². The summed E-state index contributed by atoms with van der Waals surface area (Å²) in [5, 5.41) is 0. The third-order valence-corrected chi connectivity index (χ3v) is 3.41. The molecule has 1 aromatic carbocycles. The number of carbonyl (C=O) groups is 1. The van der Waals surface area contributed by atoms with Gasteiger partial charge in [-0.25, -0.2) is 0 Å². The third kappa shape index (κ3) is 2.78. The molecular formula is C15H20N2O. The maximum Gasteiger partial charge on any atom is 0.278 e. The minimum Gasteiger partial charge on any atom is -0.369 e. The number of carbonyl (C=O) groups excluding carboxylic acids is 1. The molecule has 3 nitrogen and oxygen atoms in total. The number of amides is 1. The lowest BCUT2D eigenvalue weighted by atomic mass is 9.83. The van der Waals surface area contributed by atoms with E-state index in [2.05, 4.69) is 18.0 Å². The van der Waals surface area contributed by atoms with E-state index < -0.39 is 0 Å². The number of fused-ring (bicyclic) bond motifs is 1. The van der Waals surface area contributed by atoms with Crippen LogP contribution in [0.4, 0.5) is 0 Å². The van der Waals surface area contributed by atoms with Gasteiger partial charge >= 0.3 is 0 Å². The molecule has 3 heteroatoms. The molecular weight excluding hydrogens is 224 g/mol. The average Bonchev–Trinajstić information content (AvgIpc) is 2.36. The second-order valence-electron chi connectivity index (χ2n) is 5.22. The average molecular weight is 244 g/mol. The van der Waals surface area contributed by atoms with Crippen LogP contribution in [0.2, 0.25) is 0 Å². The maximum absolute atomic E-state index is 11.9. The van der Waals surface area contributed by atoms with Crippen LogP contribution in [0.3, 0.4) is 0 Å². The molecule has 0 saturated carbocycles. The first-order valence-electron chi connectivity index (χ1n) is 6.45. The Morgan fingerprint density at radius 2 is 2.22 bits per heavy atom. The van der Waals surface area contributed by atoms with Crippen LogP contribution in [0, 0.1) is 0 Å². The van der Waals surface area contributed by atoms with Gasteiger partial charge < -0.3 is 4.90 Å². The minimum absolute atomic E-state index is 0.163. The molecule has 0 aliphatic heterocycles. The molecule has 1 aliphatic carbocycles. The van der Waals surface area contributed by atoms with Crippen LogP contribution in [-0.4, -0.2) is 31.2 Å². The summed E-state index contributed by atoms with van der Waals surface area (Å²) in [5.74, 6) is 0.392. The first kappa shape index (κ1) is 12.8. The van der Waals surface area contributed by atoms with Gasteiger partial charge in [0.2, 0.25) is 0 Å². The number of aryl methyl sites for hydroxylation is 1. The lowest BCUT2D eigenvalue weighted by molar-refractivity contribution is 0.100. The van der Waals surface area contributed by atoms with E-state index in [9.17, 15) is 4.79 Å². The monoisotopic (exact) mass is 244 g/mol. The van der Waals surface area contributed by atoms with E-state index in [0.717, 1.165) is 6.42 Å². The van der Waals surface area contributed by atoms with Gasteiger partial charge in [-0.3, -0.25) is 4.79 Å². The third-order valence-electron chi connectivity index (χ3n) is 3.41. The molecule has 0 spiro atoms. The summed E-state index contributed by atoms with van der Waals surface area (Å²) in [6.07, 6.45) is 5.15. The van der Waals surface area contributed by atoms with E-state index >= 15 is 0 Å². The fourth-order valence-electron chi connectivity index (χ4n) is 2.41. The highest BCUT2D eigenvalue weighted by Gasteiger charge is 2.17. The Balaban J connectivity index is 2.25. The van der Waals surface area contributed by atoms with Crippen LogP contribution < -0.4 is 0 Å². The molecule has 0 N–H and O–H groups in total. The molecule has 0 heterocycles. The molecule has 1 unspecified atom stereocenters. The van der Waals surface area contributed by atoms with Crippen LogP contribution in [0.25, 0.3) is 0 Å². The first-order chi connectivity index (χ1) is 8.58. The van der Waals surface area contributed by atoms with Gasteiger partial charge in [0.05, 0.1) is 6.34 Å². The van der Waals surface area contributed by atoms with Crippen LogP contribution >= 0.6 is 0 Å². The highest BCUT2D eigenvalue weighted by atomic mass is 16.1. The fourth-order valence-corrected chi connectivity index (χ4v) is 2.41. The number of benzene rings is 1. The molecule has 0 aromatic heterocycles. The van der Waals surface area contributed by atoms with Crippen LogP contribution in [-0.2, 0) is 6.42 Å². The van der Waals surface area contributed by atoms with E-state index in [1.165, 1.54) is 24.0 Å². The summed E-state index contributed by atoms with van der Waals surface area (Å²) in [5.41, 5.74) is 3.41. The van der Waals surface area contributed by atoms with Gasteiger partial charge in [0.1, 0.15) is 0 Å². The van der Waals surface area contributed by atoms with Gasteiger partial charge in [-0.2, -0.15) is 4.99 Å². The molecule has 0 bridgehead atoms. The van der Waals surface area contributed by atoms with Gasteiger partial charge in [0.25, 0.3) is 5.91 Å². The lowest BCUT2D eigenvalue weighted by Crippen LogP contribution is -2.11. The largest absolute Gasteiger partial charge is 0.369 e. The van der Waals surface area contributed by atoms with E-state index in [4.69, 9.17) is 0 Å². The first-order valence-corrected chi connectivity index (χ1v) is 6.45. The lowest BCUT2D eigenvalue weighted by Gasteiger charge is -2.22. The Labute approximate surface area is 109 Å². The molecule has 0 radical (unpaired) electrons. The normalized spacial score (nSPS) is 18.7. The Morgan fingerprint density at radius 3 is 2.94 bits per heavy atom. The van der Waals surface area contributed by atoms with Crippen molar-refractivity contribution < 1.29 is 4.79 Å². The van der Waals surface area contributed by atoms with Crippen molar-refractivity contribution in [2.75, 3.05) is 14.1 Å². The Bertz CT molecular complexity index is 477. The van der Waals surface area contributed by atoms with Crippen molar-refractivity contribution in [3.05, 3.63) is 34.9 Å². The number of nitrogens with zero attached hydrogens (tertiary/aromatic N) is 2. The predicted octanol–water partition coefficient (Wildman–Crippen LogP) is 2.86. The van der Waals surface area contributed by atoms with Gasteiger partial charge in [0.15, 0.2) is 0 Å². The second kappa shape index (κ2) is 5.34. The van der Waals surface area contributed by atoms with Crippen molar-refractivity contribution in [2.24, 2.45) is 4.99 Å².